The smallest absolute Gasteiger partial charge is 0.106 e. The SMILES string of the molecule is CCCCC[C@@](C)(I)C/C=C(\C)[C@]1(C)CCC[C@@](C)(/C=N/OC)C1. The van der Waals surface area contributed by atoms with Crippen molar-refractivity contribution in [3.05, 3.63) is 11.6 Å². The van der Waals surface area contributed by atoms with E-state index in [2.05, 4.69) is 68.4 Å². The summed E-state index contributed by atoms with van der Waals surface area (Å²) in [4.78, 5) is 4.93. The summed E-state index contributed by atoms with van der Waals surface area (Å²) in [7, 11) is 1.63. The molecule has 140 valence electrons. The third-order valence-corrected chi connectivity index (χ3v) is 6.81. The van der Waals surface area contributed by atoms with Crippen LogP contribution in [0.5, 0.6) is 0 Å². The molecule has 0 heterocycles. The molecular formula is C21H38INO. The molecule has 0 spiro atoms. The summed E-state index contributed by atoms with van der Waals surface area (Å²) in [5, 5.41) is 4.07. The van der Waals surface area contributed by atoms with Gasteiger partial charge in [0, 0.05) is 15.1 Å². The maximum absolute atomic E-state index is 4.93. The molecule has 1 fully saturated rings. The van der Waals surface area contributed by atoms with Gasteiger partial charge in [-0.05, 0) is 44.4 Å². The van der Waals surface area contributed by atoms with E-state index in [4.69, 9.17) is 4.84 Å². The van der Waals surface area contributed by atoms with Gasteiger partial charge in [0.1, 0.15) is 7.11 Å². The highest BCUT2D eigenvalue weighted by atomic mass is 127. The zero-order valence-corrected chi connectivity index (χ0v) is 18.9. The van der Waals surface area contributed by atoms with E-state index in [0.717, 1.165) is 0 Å². The minimum Gasteiger partial charge on any atom is -0.399 e. The zero-order valence-electron chi connectivity index (χ0n) is 16.8. The molecule has 1 aliphatic carbocycles. The first-order valence-corrected chi connectivity index (χ1v) is 10.7. The maximum atomic E-state index is 4.93. The highest BCUT2D eigenvalue weighted by Gasteiger charge is 2.39. The summed E-state index contributed by atoms with van der Waals surface area (Å²) in [6.45, 7) is 11.8. The monoisotopic (exact) mass is 447 g/mol. The first-order valence-electron chi connectivity index (χ1n) is 9.60. The molecule has 0 unspecified atom stereocenters. The van der Waals surface area contributed by atoms with Crippen molar-refractivity contribution in [2.24, 2.45) is 16.0 Å². The number of hydrogen-bond donors (Lipinski definition) is 0. The molecule has 1 rings (SSSR count). The molecule has 0 bridgehead atoms. The Morgan fingerprint density at radius 3 is 2.62 bits per heavy atom. The minimum atomic E-state index is 0.160. The van der Waals surface area contributed by atoms with Crippen LogP contribution in [0.25, 0.3) is 0 Å². The summed E-state index contributed by atoms with van der Waals surface area (Å²) in [5.41, 5.74) is 2.02. The number of allylic oxidation sites excluding steroid dienone is 2. The summed E-state index contributed by atoms with van der Waals surface area (Å²) < 4.78 is 0.389. The molecule has 0 aromatic carbocycles. The predicted molar refractivity (Wildman–Crippen MR) is 115 cm³/mol. The van der Waals surface area contributed by atoms with E-state index < -0.39 is 0 Å². The van der Waals surface area contributed by atoms with E-state index in [0.29, 0.717) is 8.84 Å². The molecule has 2 nitrogen and oxygen atoms in total. The molecular weight excluding hydrogens is 409 g/mol. The van der Waals surface area contributed by atoms with E-state index in [1.807, 2.05) is 6.21 Å². The third-order valence-electron chi connectivity index (χ3n) is 5.83. The van der Waals surface area contributed by atoms with Gasteiger partial charge in [-0.1, -0.05) is 92.8 Å². The van der Waals surface area contributed by atoms with E-state index in [9.17, 15) is 0 Å². The molecule has 3 heteroatoms. The predicted octanol–water partition coefficient (Wildman–Crippen LogP) is 7.32. The average molecular weight is 447 g/mol. The number of unbranched alkanes of at least 4 members (excludes halogenated alkanes) is 2. The molecule has 0 aliphatic heterocycles. The van der Waals surface area contributed by atoms with Crippen LogP contribution in [0.15, 0.2) is 16.8 Å². The fourth-order valence-electron chi connectivity index (χ4n) is 4.04. The van der Waals surface area contributed by atoms with Gasteiger partial charge in [-0.25, -0.2) is 0 Å². The molecule has 0 aromatic rings. The van der Waals surface area contributed by atoms with Crippen molar-refractivity contribution < 1.29 is 4.84 Å². The number of hydrogen-bond acceptors (Lipinski definition) is 2. The van der Waals surface area contributed by atoms with Crippen molar-refractivity contribution in [1.82, 2.24) is 0 Å². The molecule has 0 amide bonds. The van der Waals surface area contributed by atoms with Crippen LogP contribution >= 0.6 is 22.6 Å². The second-order valence-corrected chi connectivity index (χ2v) is 11.2. The normalized spacial score (nSPS) is 31.2. The number of alkyl halides is 1. The van der Waals surface area contributed by atoms with Gasteiger partial charge in [-0.3, -0.25) is 0 Å². The lowest BCUT2D eigenvalue weighted by molar-refractivity contribution is 0.161. The minimum absolute atomic E-state index is 0.160. The van der Waals surface area contributed by atoms with Crippen LogP contribution in [0.1, 0.15) is 92.4 Å². The molecule has 0 N–H and O–H groups in total. The van der Waals surface area contributed by atoms with Crippen LogP contribution in [0, 0.1) is 10.8 Å². The number of rotatable bonds is 9. The number of oxime groups is 1. The van der Waals surface area contributed by atoms with Crippen molar-refractivity contribution in [2.45, 2.75) is 95.8 Å². The topological polar surface area (TPSA) is 21.6 Å². The lowest BCUT2D eigenvalue weighted by atomic mass is 9.61. The Morgan fingerprint density at radius 2 is 2.00 bits per heavy atom. The van der Waals surface area contributed by atoms with Crippen molar-refractivity contribution >= 4 is 28.8 Å². The molecule has 0 radical (unpaired) electrons. The molecule has 1 saturated carbocycles. The Kier molecular flexibility index (Phi) is 8.78. The van der Waals surface area contributed by atoms with Crippen LogP contribution < -0.4 is 0 Å². The molecule has 0 saturated heterocycles. The largest absolute Gasteiger partial charge is 0.399 e. The first kappa shape index (κ1) is 22.0. The third kappa shape index (κ3) is 7.05. The van der Waals surface area contributed by atoms with E-state index in [-0.39, 0.29) is 5.41 Å². The molecule has 24 heavy (non-hydrogen) atoms. The van der Waals surface area contributed by atoms with Gasteiger partial charge < -0.3 is 4.84 Å². The Morgan fingerprint density at radius 1 is 1.29 bits per heavy atom. The average Bonchev–Trinajstić information content (AvgIpc) is 2.51. The second-order valence-electron chi connectivity index (χ2n) is 8.62. The Hall–Kier alpha value is -0.0600. The van der Waals surface area contributed by atoms with Gasteiger partial charge in [0.15, 0.2) is 0 Å². The lowest BCUT2D eigenvalue weighted by Gasteiger charge is -2.43. The van der Waals surface area contributed by atoms with Crippen LogP contribution in [-0.4, -0.2) is 16.7 Å². The maximum Gasteiger partial charge on any atom is 0.106 e. The Bertz CT molecular complexity index is 443. The Labute approximate surface area is 164 Å². The van der Waals surface area contributed by atoms with Gasteiger partial charge in [0.2, 0.25) is 0 Å². The van der Waals surface area contributed by atoms with Crippen molar-refractivity contribution in [3.8, 4) is 0 Å². The fraction of sp³-hybridized carbons (Fsp3) is 0.857. The number of halogens is 1. The summed E-state index contributed by atoms with van der Waals surface area (Å²) in [6, 6.07) is 0. The van der Waals surface area contributed by atoms with Crippen molar-refractivity contribution in [1.29, 1.82) is 0 Å². The summed E-state index contributed by atoms with van der Waals surface area (Å²) in [6.07, 6.45) is 16.0. The van der Waals surface area contributed by atoms with Gasteiger partial charge in [-0.15, -0.1) is 0 Å². The lowest BCUT2D eigenvalue weighted by Crippen LogP contribution is -2.35. The highest BCUT2D eigenvalue weighted by Crippen LogP contribution is 2.49. The molecule has 0 aromatic heterocycles. The zero-order chi connectivity index (χ0) is 18.3. The van der Waals surface area contributed by atoms with Crippen LogP contribution in [0.3, 0.4) is 0 Å². The number of nitrogens with zero attached hydrogens (tertiary/aromatic N) is 1. The van der Waals surface area contributed by atoms with E-state index in [1.165, 1.54) is 57.8 Å². The molecule has 1 aliphatic rings. The van der Waals surface area contributed by atoms with Crippen molar-refractivity contribution in [2.75, 3.05) is 7.11 Å². The van der Waals surface area contributed by atoms with E-state index >= 15 is 0 Å². The fourth-order valence-corrected chi connectivity index (χ4v) is 4.64. The quantitative estimate of drug-likeness (QED) is 0.0907. The van der Waals surface area contributed by atoms with Crippen molar-refractivity contribution in [3.63, 3.8) is 0 Å². The first-order chi connectivity index (χ1) is 11.2. The molecule has 3 atom stereocenters. The Balaban J connectivity index is 2.73. The highest BCUT2D eigenvalue weighted by molar-refractivity contribution is 14.1. The summed E-state index contributed by atoms with van der Waals surface area (Å²) >= 11 is 2.67. The van der Waals surface area contributed by atoms with Crippen LogP contribution in [-0.2, 0) is 4.84 Å². The van der Waals surface area contributed by atoms with Crippen LogP contribution in [0.2, 0.25) is 0 Å². The second kappa shape index (κ2) is 9.59. The van der Waals surface area contributed by atoms with Gasteiger partial charge in [0.05, 0.1) is 0 Å². The van der Waals surface area contributed by atoms with Gasteiger partial charge in [0.25, 0.3) is 0 Å². The van der Waals surface area contributed by atoms with E-state index in [1.54, 1.807) is 12.7 Å². The standard InChI is InChI=1S/C21H38INO/c1-7-8-9-14-21(5,22)15-11-18(2)20(4)13-10-12-19(3,16-20)17-23-24-6/h11,17H,7-10,12-16H2,1-6H3/b18-11+,23-17+/t19-,20-,21-/m1/s1. The van der Waals surface area contributed by atoms with Crippen LogP contribution in [0.4, 0.5) is 0 Å². The van der Waals surface area contributed by atoms with Gasteiger partial charge >= 0.3 is 0 Å². The van der Waals surface area contributed by atoms with Gasteiger partial charge in [-0.2, -0.15) is 0 Å². The summed E-state index contributed by atoms with van der Waals surface area (Å²) in [5.74, 6) is 0.